The van der Waals surface area contributed by atoms with Crippen LogP contribution in [0.15, 0.2) is 18.2 Å². The highest BCUT2D eigenvalue weighted by molar-refractivity contribution is 6.06. The number of aryl methyl sites for hydroxylation is 1. The van der Waals surface area contributed by atoms with Crippen LogP contribution in [-0.2, 0) is 0 Å². The molecule has 4 N–H and O–H groups in total. The second kappa shape index (κ2) is 3.55. The predicted octanol–water partition coefficient (Wildman–Crippen LogP) is 1.96. The lowest BCUT2D eigenvalue weighted by Gasteiger charge is -2.10. The summed E-state index contributed by atoms with van der Waals surface area (Å²) >= 11 is 0. The third-order valence-corrected chi connectivity index (χ3v) is 2.60. The van der Waals surface area contributed by atoms with Crippen molar-refractivity contribution in [3.8, 4) is 17.2 Å². The molecule has 0 aromatic heterocycles. The highest BCUT2D eigenvalue weighted by Crippen LogP contribution is 2.44. The summed E-state index contributed by atoms with van der Waals surface area (Å²) in [4.78, 5) is 10.9. The number of hydrogen-bond donors (Lipinski definition) is 4. The maximum atomic E-state index is 10.9. The lowest BCUT2D eigenvalue weighted by molar-refractivity contribution is 0.0690. The van der Waals surface area contributed by atoms with Gasteiger partial charge in [0.05, 0.1) is 0 Å². The lowest BCUT2D eigenvalue weighted by atomic mass is 10.0. The van der Waals surface area contributed by atoms with E-state index in [4.69, 9.17) is 5.11 Å². The van der Waals surface area contributed by atoms with Crippen molar-refractivity contribution < 1.29 is 25.2 Å². The van der Waals surface area contributed by atoms with E-state index >= 15 is 0 Å². The van der Waals surface area contributed by atoms with Crippen molar-refractivity contribution in [1.29, 1.82) is 0 Å². The van der Waals surface area contributed by atoms with E-state index in [9.17, 15) is 20.1 Å². The van der Waals surface area contributed by atoms with Gasteiger partial charge in [0, 0.05) is 10.8 Å². The zero-order chi connectivity index (χ0) is 12.7. The summed E-state index contributed by atoms with van der Waals surface area (Å²) in [6, 6.07) is 4.71. The van der Waals surface area contributed by atoms with Gasteiger partial charge < -0.3 is 20.4 Å². The molecule has 0 amide bonds. The number of carboxylic acid groups (broad SMARTS) is 1. The number of phenolic OH excluding ortho intramolecular Hbond substituents is 1. The van der Waals surface area contributed by atoms with Gasteiger partial charge in [0.15, 0.2) is 11.5 Å². The van der Waals surface area contributed by atoms with E-state index in [0.29, 0.717) is 0 Å². The standard InChI is InChI=1S/C12H10O5/c1-5-2-3-6-7(4-5)10(14)11(15)8(9(6)13)12(16)17/h2-4,13-15H,1H3,(H,16,17). The first-order chi connectivity index (χ1) is 7.93. The van der Waals surface area contributed by atoms with Gasteiger partial charge in [0.1, 0.15) is 11.3 Å². The van der Waals surface area contributed by atoms with Crippen LogP contribution in [0.25, 0.3) is 10.8 Å². The largest absolute Gasteiger partial charge is 0.506 e. The third kappa shape index (κ3) is 1.52. The minimum absolute atomic E-state index is 0.184. The van der Waals surface area contributed by atoms with E-state index in [1.54, 1.807) is 19.1 Å². The van der Waals surface area contributed by atoms with Crippen molar-refractivity contribution in [1.82, 2.24) is 0 Å². The smallest absolute Gasteiger partial charge is 0.343 e. The SMILES string of the molecule is Cc1ccc2c(O)c(C(=O)O)c(O)c(O)c2c1. The van der Waals surface area contributed by atoms with Crippen molar-refractivity contribution in [2.45, 2.75) is 6.92 Å². The summed E-state index contributed by atoms with van der Waals surface area (Å²) in [5, 5.41) is 38.3. The Morgan fingerprint density at radius 3 is 2.24 bits per heavy atom. The topological polar surface area (TPSA) is 98.0 Å². The molecule has 0 saturated carbocycles. The maximum absolute atomic E-state index is 10.9. The van der Waals surface area contributed by atoms with Crippen LogP contribution in [-0.4, -0.2) is 26.4 Å². The average Bonchev–Trinajstić information content (AvgIpc) is 2.25. The molecule has 0 bridgehead atoms. The van der Waals surface area contributed by atoms with Crippen LogP contribution in [0.1, 0.15) is 15.9 Å². The number of benzene rings is 2. The van der Waals surface area contributed by atoms with E-state index in [1.165, 1.54) is 6.07 Å². The molecule has 0 atom stereocenters. The lowest BCUT2D eigenvalue weighted by Crippen LogP contribution is -1.98. The normalized spacial score (nSPS) is 10.6. The molecule has 0 spiro atoms. The summed E-state index contributed by atoms with van der Waals surface area (Å²) in [6.07, 6.45) is 0. The molecule has 17 heavy (non-hydrogen) atoms. The van der Waals surface area contributed by atoms with Crippen LogP contribution in [0.3, 0.4) is 0 Å². The van der Waals surface area contributed by atoms with E-state index in [2.05, 4.69) is 0 Å². The molecule has 0 aliphatic carbocycles. The summed E-state index contributed by atoms with van der Waals surface area (Å²) in [7, 11) is 0. The van der Waals surface area contributed by atoms with Crippen molar-refractivity contribution >= 4 is 16.7 Å². The second-order valence-electron chi connectivity index (χ2n) is 3.78. The number of fused-ring (bicyclic) bond motifs is 1. The second-order valence-corrected chi connectivity index (χ2v) is 3.78. The number of phenols is 3. The Bertz CT molecular complexity index is 631. The zero-order valence-electron chi connectivity index (χ0n) is 8.93. The Kier molecular flexibility index (Phi) is 2.31. The molecular formula is C12H10O5. The fraction of sp³-hybridized carbons (Fsp3) is 0.0833. The molecule has 0 fully saturated rings. The Morgan fingerprint density at radius 2 is 1.65 bits per heavy atom. The van der Waals surface area contributed by atoms with Gasteiger partial charge in [-0.25, -0.2) is 4.79 Å². The van der Waals surface area contributed by atoms with Crippen LogP contribution in [0, 0.1) is 6.92 Å². The molecule has 0 unspecified atom stereocenters. The van der Waals surface area contributed by atoms with E-state index in [-0.39, 0.29) is 10.8 Å². The number of hydrogen-bond acceptors (Lipinski definition) is 4. The van der Waals surface area contributed by atoms with Gasteiger partial charge in [-0.3, -0.25) is 0 Å². The minimum atomic E-state index is -1.50. The van der Waals surface area contributed by atoms with Gasteiger partial charge in [-0.1, -0.05) is 17.7 Å². The van der Waals surface area contributed by atoms with E-state index < -0.39 is 28.8 Å². The molecular weight excluding hydrogens is 224 g/mol. The molecule has 0 heterocycles. The monoisotopic (exact) mass is 234 g/mol. The number of aromatic hydroxyl groups is 3. The van der Waals surface area contributed by atoms with Crippen molar-refractivity contribution in [3.05, 3.63) is 29.3 Å². The molecule has 0 radical (unpaired) electrons. The van der Waals surface area contributed by atoms with Crippen molar-refractivity contribution in [2.75, 3.05) is 0 Å². The van der Waals surface area contributed by atoms with Crippen LogP contribution >= 0.6 is 0 Å². The van der Waals surface area contributed by atoms with Gasteiger partial charge in [-0.15, -0.1) is 0 Å². The first kappa shape index (κ1) is 11.1. The van der Waals surface area contributed by atoms with E-state index in [0.717, 1.165) is 5.56 Å². The van der Waals surface area contributed by atoms with Gasteiger partial charge in [-0.05, 0) is 13.0 Å². The van der Waals surface area contributed by atoms with Gasteiger partial charge in [-0.2, -0.15) is 0 Å². The molecule has 2 rings (SSSR count). The fourth-order valence-corrected chi connectivity index (χ4v) is 1.76. The van der Waals surface area contributed by atoms with E-state index in [1.807, 2.05) is 0 Å². The Labute approximate surface area is 96.2 Å². The summed E-state index contributed by atoms with van der Waals surface area (Å²) < 4.78 is 0. The predicted molar refractivity (Wildman–Crippen MR) is 60.6 cm³/mol. The van der Waals surface area contributed by atoms with Crippen LogP contribution in [0.2, 0.25) is 0 Å². The molecule has 2 aromatic carbocycles. The Morgan fingerprint density at radius 1 is 1.00 bits per heavy atom. The quantitative estimate of drug-likeness (QED) is 0.446. The molecule has 5 heteroatoms. The highest BCUT2D eigenvalue weighted by atomic mass is 16.4. The number of aromatic carboxylic acids is 1. The van der Waals surface area contributed by atoms with Crippen LogP contribution < -0.4 is 0 Å². The number of carboxylic acids is 1. The number of rotatable bonds is 1. The highest BCUT2D eigenvalue weighted by Gasteiger charge is 2.23. The van der Waals surface area contributed by atoms with Crippen molar-refractivity contribution in [2.24, 2.45) is 0 Å². The first-order valence-electron chi connectivity index (χ1n) is 4.84. The summed E-state index contributed by atoms with van der Waals surface area (Å²) in [5.41, 5.74) is 0.119. The molecule has 0 aliphatic rings. The van der Waals surface area contributed by atoms with Crippen LogP contribution in [0.5, 0.6) is 17.2 Å². The maximum Gasteiger partial charge on any atom is 0.343 e. The summed E-state index contributed by atoms with van der Waals surface area (Å²) in [5.74, 6) is -3.42. The fourth-order valence-electron chi connectivity index (χ4n) is 1.76. The average molecular weight is 234 g/mol. The number of carbonyl (C=O) groups is 1. The minimum Gasteiger partial charge on any atom is -0.506 e. The van der Waals surface area contributed by atoms with Crippen LogP contribution in [0.4, 0.5) is 0 Å². The van der Waals surface area contributed by atoms with Crippen molar-refractivity contribution in [3.63, 3.8) is 0 Å². The van der Waals surface area contributed by atoms with Gasteiger partial charge in [0.2, 0.25) is 0 Å². The molecule has 88 valence electrons. The molecule has 5 nitrogen and oxygen atoms in total. The third-order valence-electron chi connectivity index (χ3n) is 2.60. The molecule has 0 aliphatic heterocycles. The van der Waals surface area contributed by atoms with Gasteiger partial charge in [0.25, 0.3) is 0 Å². The Hall–Kier alpha value is -2.43. The van der Waals surface area contributed by atoms with Gasteiger partial charge >= 0.3 is 5.97 Å². The Balaban J connectivity index is 3.00. The summed E-state index contributed by atoms with van der Waals surface area (Å²) in [6.45, 7) is 1.78. The zero-order valence-corrected chi connectivity index (χ0v) is 8.93. The molecule has 0 saturated heterocycles. The molecule has 2 aromatic rings. The first-order valence-corrected chi connectivity index (χ1v) is 4.84.